The van der Waals surface area contributed by atoms with Gasteiger partial charge in [0.25, 0.3) is 0 Å². The van der Waals surface area contributed by atoms with Crippen LogP contribution >= 0.6 is 0 Å². The maximum atomic E-state index is 13.7. The van der Waals surface area contributed by atoms with E-state index in [0.717, 1.165) is 0 Å². The molecule has 2 N–H and O–H groups in total. The molecule has 2 fully saturated rings. The molecular formula is C31H38F2N6O6. The predicted octanol–water partition coefficient (Wildman–Crippen LogP) is 2.61. The number of hydrazine groups is 1. The number of hydrogen-bond acceptors (Lipinski definition) is 7. The van der Waals surface area contributed by atoms with E-state index in [-0.39, 0.29) is 76.6 Å². The molecule has 14 heteroatoms. The SMILES string of the molecule is C=CCOC(=O)NCCC[C@H]1C(=O)N(CCOCc2cccc(F)c2)C[C@H]2N1C(=O)CN(C)N2C(=O)NCc1ccc(F)cc1. The number of piperazine rings is 1. The van der Waals surface area contributed by atoms with Crippen molar-refractivity contribution in [1.29, 1.82) is 0 Å². The van der Waals surface area contributed by atoms with Crippen molar-refractivity contribution in [2.75, 3.05) is 46.4 Å². The highest BCUT2D eigenvalue weighted by molar-refractivity contribution is 5.91. The molecule has 2 aromatic carbocycles. The van der Waals surface area contributed by atoms with E-state index in [1.807, 2.05) is 0 Å². The number of fused-ring (bicyclic) bond motifs is 1. The maximum absolute atomic E-state index is 13.7. The number of rotatable bonds is 13. The van der Waals surface area contributed by atoms with Gasteiger partial charge in [0, 0.05) is 26.7 Å². The molecule has 12 nitrogen and oxygen atoms in total. The Hall–Kier alpha value is -4.56. The Labute approximate surface area is 260 Å². The van der Waals surface area contributed by atoms with Gasteiger partial charge in [-0.2, -0.15) is 0 Å². The first-order valence-electron chi connectivity index (χ1n) is 14.6. The van der Waals surface area contributed by atoms with E-state index >= 15 is 0 Å². The summed E-state index contributed by atoms with van der Waals surface area (Å²) in [5, 5.41) is 8.35. The second kappa shape index (κ2) is 16.0. The van der Waals surface area contributed by atoms with Gasteiger partial charge in [0.05, 0.1) is 26.3 Å². The summed E-state index contributed by atoms with van der Waals surface area (Å²) in [6, 6.07) is 10.4. The minimum absolute atomic E-state index is 0.0326. The highest BCUT2D eigenvalue weighted by Gasteiger charge is 2.50. The van der Waals surface area contributed by atoms with Crippen molar-refractivity contribution in [3.05, 3.63) is 83.9 Å². The van der Waals surface area contributed by atoms with Gasteiger partial charge in [-0.05, 0) is 48.2 Å². The number of halogens is 2. The fourth-order valence-corrected chi connectivity index (χ4v) is 5.31. The van der Waals surface area contributed by atoms with Gasteiger partial charge in [0.15, 0.2) is 0 Å². The van der Waals surface area contributed by atoms with E-state index in [1.54, 1.807) is 36.2 Å². The zero-order valence-corrected chi connectivity index (χ0v) is 25.1. The van der Waals surface area contributed by atoms with Crippen molar-refractivity contribution < 1.29 is 37.4 Å². The molecule has 5 amide bonds. The number of hydrogen-bond donors (Lipinski definition) is 2. The van der Waals surface area contributed by atoms with Crippen molar-refractivity contribution in [3.8, 4) is 0 Å². The third-order valence-electron chi connectivity index (χ3n) is 7.42. The molecule has 2 atom stereocenters. The average molecular weight is 629 g/mol. The third-order valence-corrected chi connectivity index (χ3v) is 7.42. The number of benzene rings is 2. The van der Waals surface area contributed by atoms with Crippen molar-refractivity contribution in [2.24, 2.45) is 0 Å². The van der Waals surface area contributed by atoms with E-state index in [2.05, 4.69) is 17.2 Å². The average Bonchev–Trinajstić information content (AvgIpc) is 3.01. The Morgan fingerprint density at radius 3 is 2.58 bits per heavy atom. The Kier molecular flexibility index (Phi) is 11.8. The van der Waals surface area contributed by atoms with Gasteiger partial charge in [-0.15, -0.1) is 0 Å². The molecule has 0 bridgehead atoms. The number of carbonyl (C=O) groups is 4. The number of urea groups is 1. The lowest BCUT2D eigenvalue weighted by Gasteiger charge is -2.54. The van der Waals surface area contributed by atoms with Gasteiger partial charge in [-0.1, -0.05) is 36.9 Å². The lowest BCUT2D eigenvalue weighted by molar-refractivity contribution is -0.188. The van der Waals surface area contributed by atoms with Crippen LogP contribution in [0.15, 0.2) is 61.2 Å². The Bertz CT molecular complexity index is 1360. The Morgan fingerprint density at radius 1 is 1.07 bits per heavy atom. The largest absolute Gasteiger partial charge is 0.445 e. The standard InChI is InChI=1S/C31H38F2N6O6/c1-3-15-45-31(43)34-13-5-8-26-29(41)37(14-16-44-21-23-6-4-7-25(33)17-23)19-27-38(26)28(40)20-36(2)39(27)30(42)35-18-22-9-11-24(32)12-10-22/h3-4,6-7,9-12,17,26-27H,1,5,8,13-16,18-21H2,2H3,(H,34,43)(H,35,42)/t26-,27-/m0/s1. The molecule has 0 saturated carbocycles. The molecule has 45 heavy (non-hydrogen) atoms. The number of ether oxygens (including phenoxy) is 2. The van der Waals surface area contributed by atoms with Crippen LogP contribution in [0.3, 0.4) is 0 Å². The predicted molar refractivity (Wildman–Crippen MR) is 159 cm³/mol. The van der Waals surface area contributed by atoms with Crippen molar-refractivity contribution in [3.63, 3.8) is 0 Å². The van der Waals surface area contributed by atoms with Crippen LogP contribution in [0.25, 0.3) is 0 Å². The number of alkyl carbamates (subject to hydrolysis) is 1. The molecule has 4 rings (SSSR count). The number of amides is 5. The smallest absolute Gasteiger partial charge is 0.407 e. The highest BCUT2D eigenvalue weighted by atomic mass is 19.1. The van der Waals surface area contributed by atoms with Gasteiger partial charge >= 0.3 is 12.1 Å². The zero-order chi connectivity index (χ0) is 32.3. The van der Waals surface area contributed by atoms with Crippen LogP contribution in [0.1, 0.15) is 24.0 Å². The molecule has 2 saturated heterocycles. The van der Waals surface area contributed by atoms with Gasteiger partial charge < -0.3 is 29.9 Å². The topological polar surface area (TPSA) is 124 Å². The monoisotopic (exact) mass is 628 g/mol. The van der Waals surface area contributed by atoms with Crippen LogP contribution in [0.4, 0.5) is 18.4 Å². The molecule has 2 heterocycles. The Balaban J connectivity index is 1.47. The van der Waals surface area contributed by atoms with Crippen molar-refractivity contribution in [1.82, 2.24) is 30.5 Å². The normalized spacial score (nSPS) is 18.4. The first-order valence-corrected chi connectivity index (χ1v) is 14.6. The molecule has 242 valence electrons. The summed E-state index contributed by atoms with van der Waals surface area (Å²) < 4.78 is 37.5. The van der Waals surface area contributed by atoms with Crippen LogP contribution in [0.2, 0.25) is 0 Å². The van der Waals surface area contributed by atoms with E-state index in [1.165, 1.54) is 45.3 Å². The van der Waals surface area contributed by atoms with Crippen LogP contribution < -0.4 is 10.6 Å². The molecule has 0 unspecified atom stereocenters. The molecule has 2 aliphatic heterocycles. The molecule has 2 aliphatic rings. The van der Waals surface area contributed by atoms with Gasteiger partial charge in [0.2, 0.25) is 11.8 Å². The van der Waals surface area contributed by atoms with Crippen LogP contribution in [0, 0.1) is 11.6 Å². The van der Waals surface area contributed by atoms with Crippen LogP contribution in [0.5, 0.6) is 0 Å². The summed E-state index contributed by atoms with van der Waals surface area (Å²) in [6.07, 6.45) is 0.572. The minimum Gasteiger partial charge on any atom is -0.445 e. The first kappa shape index (κ1) is 33.3. The molecule has 0 aromatic heterocycles. The number of likely N-dealkylation sites (N-methyl/N-ethyl adjacent to an activating group) is 1. The molecule has 0 spiro atoms. The fraction of sp³-hybridized carbons (Fsp3) is 0.419. The highest BCUT2D eigenvalue weighted by Crippen LogP contribution is 2.28. The molecule has 0 aliphatic carbocycles. The quantitative estimate of drug-likeness (QED) is 0.258. The van der Waals surface area contributed by atoms with Crippen LogP contribution in [-0.4, -0.2) is 102 Å². The van der Waals surface area contributed by atoms with Gasteiger partial charge in [-0.3, -0.25) is 9.59 Å². The second-order valence-corrected chi connectivity index (χ2v) is 10.7. The van der Waals surface area contributed by atoms with E-state index in [9.17, 15) is 28.0 Å². The lowest BCUT2D eigenvalue weighted by Crippen LogP contribution is -2.76. The molecule has 2 aromatic rings. The number of carbonyl (C=O) groups excluding carboxylic acids is 4. The summed E-state index contributed by atoms with van der Waals surface area (Å²) in [6.45, 7) is 4.22. The summed E-state index contributed by atoms with van der Waals surface area (Å²) in [7, 11) is 1.61. The maximum Gasteiger partial charge on any atom is 0.407 e. The summed E-state index contributed by atoms with van der Waals surface area (Å²) in [4.78, 5) is 55.4. The molecular weight excluding hydrogens is 590 g/mol. The summed E-state index contributed by atoms with van der Waals surface area (Å²) in [5.41, 5.74) is 1.33. The molecule has 0 radical (unpaired) electrons. The zero-order valence-electron chi connectivity index (χ0n) is 25.1. The Morgan fingerprint density at radius 2 is 1.84 bits per heavy atom. The number of nitrogens with one attached hydrogen (secondary N) is 2. The van der Waals surface area contributed by atoms with Crippen molar-refractivity contribution >= 4 is 23.9 Å². The van der Waals surface area contributed by atoms with E-state index in [0.29, 0.717) is 17.5 Å². The van der Waals surface area contributed by atoms with E-state index < -0.39 is 30.1 Å². The minimum atomic E-state index is -0.897. The van der Waals surface area contributed by atoms with Gasteiger partial charge in [0.1, 0.15) is 30.4 Å². The van der Waals surface area contributed by atoms with Crippen LogP contribution in [-0.2, 0) is 32.2 Å². The number of nitrogens with zero attached hydrogens (tertiary/aromatic N) is 4. The summed E-state index contributed by atoms with van der Waals surface area (Å²) >= 11 is 0. The van der Waals surface area contributed by atoms with Crippen molar-refractivity contribution in [2.45, 2.75) is 38.2 Å². The third kappa shape index (κ3) is 8.99. The van der Waals surface area contributed by atoms with E-state index in [4.69, 9.17) is 9.47 Å². The first-order chi connectivity index (χ1) is 21.7. The lowest BCUT2D eigenvalue weighted by atomic mass is 10.0. The fourth-order valence-electron chi connectivity index (χ4n) is 5.31. The summed E-state index contributed by atoms with van der Waals surface area (Å²) in [5.74, 6) is -1.39. The second-order valence-electron chi connectivity index (χ2n) is 10.7. The van der Waals surface area contributed by atoms with Gasteiger partial charge in [-0.25, -0.2) is 28.4 Å².